The van der Waals surface area contributed by atoms with Gasteiger partial charge in [0.2, 0.25) is 0 Å². The van der Waals surface area contributed by atoms with E-state index >= 15 is 0 Å². The lowest BCUT2D eigenvalue weighted by molar-refractivity contribution is -0.145. The van der Waals surface area contributed by atoms with Crippen LogP contribution in [-0.4, -0.2) is 41.1 Å². The van der Waals surface area contributed by atoms with E-state index < -0.39 is 24.5 Å². The minimum absolute atomic E-state index is 0.0969. The number of amides is 1. The highest BCUT2D eigenvalue weighted by molar-refractivity contribution is 5.95. The van der Waals surface area contributed by atoms with Gasteiger partial charge in [0.25, 0.3) is 5.91 Å². The molecule has 0 unspecified atom stereocenters. The second-order valence-corrected chi connectivity index (χ2v) is 5.23. The molecule has 1 aliphatic heterocycles. The van der Waals surface area contributed by atoms with E-state index in [9.17, 15) is 23.5 Å². The van der Waals surface area contributed by atoms with Gasteiger partial charge in [-0.2, -0.15) is 8.78 Å². The van der Waals surface area contributed by atoms with E-state index in [0.29, 0.717) is 19.4 Å². The van der Waals surface area contributed by atoms with Gasteiger partial charge in [0.1, 0.15) is 5.75 Å². The topological polar surface area (TPSA) is 66.8 Å². The first-order valence-corrected chi connectivity index (χ1v) is 6.99. The van der Waals surface area contributed by atoms with E-state index in [1.807, 2.05) is 0 Å². The van der Waals surface area contributed by atoms with Crippen LogP contribution in [0.2, 0.25) is 0 Å². The second-order valence-electron chi connectivity index (χ2n) is 5.23. The molecule has 0 saturated carbocycles. The molecule has 1 N–H and O–H groups in total. The van der Waals surface area contributed by atoms with E-state index in [0.717, 1.165) is 0 Å². The van der Waals surface area contributed by atoms with Crippen LogP contribution in [0.3, 0.4) is 0 Å². The fourth-order valence-electron chi connectivity index (χ4n) is 2.73. The van der Waals surface area contributed by atoms with Crippen LogP contribution >= 0.6 is 0 Å². The number of halogens is 2. The molecule has 1 heterocycles. The highest BCUT2D eigenvalue weighted by Gasteiger charge is 2.35. The van der Waals surface area contributed by atoms with Crippen molar-refractivity contribution in [3.05, 3.63) is 29.8 Å². The van der Waals surface area contributed by atoms with Gasteiger partial charge in [-0.1, -0.05) is 6.07 Å². The summed E-state index contributed by atoms with van der Waals surface area (Å²) in [5.74, 6) is -2.02. The minimum Gasteiger partial charge on any atom is -0.481 e. The number of likely N-dealkylation sites (tertiary alicyclic amines) is 1. The number of piperidine rings is 1. The van der Waals surface area contributed by atoms with Crippen molar-refractivity contribution < 1.29 is 28.2 Å². The molecule has 1 saturated heterocycles. The summed E-state index contributed by atoms with van der Waals surface area (Å²) in [6.45, 7) is -0.824. The number of hydrogen-bond donors (Lipinski definition) is 1. The number of aliphatic carboxylic acids is 1. The van der Waals surface area contributed by atoms with Crippen molar-refractivity contribution in [2.45, 2.75) is 32.4 Å². The molecule has 22 heavy (non-hydrogen) atoms. The number of benzene rings is 1. The molecular formula is C15H17F2NO4. The Morgan fingerprint density at radius 3 is 2.77 bits per heavy atom. The SMILES string of the molecule is C[C@@H]1[C@H](C(=O)O)CCCN1C(=O)c1cccc(OC(F)F)c1. The molecule has 1 amide bonds. The zero-order chi connectivity index (χ0) is 16.3. The van der Waals surface area contributed by atoms with Gasteiger partial charge in [-0.3, -0.25) is 9.59 Å². The van der Waals surface area contributed by atoms with Gasteiger partial charge in [-0.15, -0.1) is 0 Å². The first kappa shape index (κ1) is 16.2. The van der Waals surface area contributed by atoms with Gasteiger partial charge in [0.05, 0.1) is 5.92 Å². The van der Waals surface area contributed by atoms with Gasteiger partial charge in [-0.05, 0) is 38.0 Å². The smallest absolute Gasteiger partial charge is 0.387 e. The predicted molar refractivity (Wildman–Crippen MR) is 73.9 cm³/mol. The van der Waals surface area contributed by atoms with Crippen molar-refractivity contribution in [3.63, 3.8) is 0 Å². The summed E-state index contributed by atoms with van der Waals surface area (Å²) in [6, 6.07) is 5.08. The summed E-state index contributed by atoms with van der Waals surface area (Å²) in [7, 11) is 0. The number of hydrogen-bond acceptors (Lipinski definition) is 3. The molecule has 0 radical (unpaired) electrons. The quantitative estimate of drug-likeness (QED) is 0.928. The largest absolute Gasteiger partial charge is 0.481 e. The Morgan fingerprint density at radius 2 is 2.14 bits per heavy atom. The normalized spacial score (nSPS) is 21.7. The summed E-state index contributed by atoms with van der Waals surface area (Å²) >= 11 is 0. The van der Waals surface area contributed by atoms with Crippen LogP contribution < -0.4 is 4.74 Å². The molecule has 1 fully saturated rings. The number of ether oxygens (including phenoxy) is 1. The summed E-state index contributed by atoms with van der Waals surface area (Å²) in [6.07, 6.45) is 1.12. The number of carbonyl (C=O) groups is 2. The molecule has 7 heteroatoms. The van der Waals surface area contributed by atoms with Gasteiger partial charge in [0, 0.05) is 18.2 Å². The van der Waals surface area contributed by atoms with E-state index in [-0.39, 0.29) is 17.2 Å². The number of carboxylic acid groups (broad SMARTS) is 1. The molecule has 1 aliphatic rings. The molecule has 0 aliphatic carbocycles. The maximum Gasteiger partial charge on any atom is 0.387 e. The van der Waals surface area contributed by atoms with Gasteiger partial charge in [0.15, 0.2) is 0 Å². The third-order valence-corrected chi connectivity index (χ3v) is 3.87. The number of carboxylic acids is 1. The molecule has 0 aromatic heterocycles. The zero-order valence-corrected chi connectivity index (χ0v) is 12.0. The Balaban J connectivity index is 2.18. The van der Waals surface area contributed by atoms with Crippen LogP contribution in [0.25, 0.3) is 0 Å². The zero-order valence-electron chi connectivity index (χ0n) is 12.0. The molecular weight excluding hydrogens is 296 g/mol. The Labute approximate surface area is 126 Å². The summed E-state index contributed by atoms with van der Waals surface area (Å²) in [5.41, 5.74) is 0.205. The van der Waals surface area contributed by atoms with Gasteiger partial charge < -0.3 is 14.7 Å². The lowest BCUT2D eigenvalue weighted by atomic mass is 9.90. The summed E-state index contributed by atoms with van der Waals surface area (Å²) in [5, 5.41) is 9.18. The predicted octanol–water partition coefficient (Wildman–Crippen LogP) is 2.61. The number of rotatable bonds is 4. The van der Waals surface area contributed by atoms with Crippen molar-refractivity contribution in [1.29, 1.82) is 0 Å². The maximum absolute atomic E-state index is 12.5. The fourth-order valence-corrected chi connectivity index (χ4v) is 2.73. The highest BCUT2D eigenvalue weighted by Crippen LogP contribution is 2.26. The van der Waals surface area contributed by atoms with Crippen molar-refractivity contribution in [1.82, 2.24) is 4.90 Å². The lowest BCUT2D eigenvalue weighted by Crippen LogP contribution is -2.49. The summed E-state index contributed by atoms with van der Waals surface area (Å²) < 4.78 is 28.7. The van der Waals surface area contributed by atoms with Crippen LogP contribution in [0.1, 0.15) is 30.1 Å². The van der Waals surface area contributed by atoms with Crippen LogP contribution in [-0.2, 0) is 4.79 Å². The first-order chi connectivity index (χ1) is 10.4. The Morgan fingerprint density at radius 1 is 1.41 bits per heavy atom. The van der Waals surface area contributed by atoms with E-state index in [2.05, 4.69) is 4.74 Å². The molecule has 2 rings (SSSR count). The van der Waals surface area contributed by atoms with Crippen molar-refractivity contribution in [2.75, 3.05) is 6.54 Å². The van der Waals surface area contributed by atoms with Crippen LogP contribution in [0.4, 0.5) is 8.78 Å². The lowest BCUT2D eigenvalue weighted by Gasteiger charge is -2.37. The average molecular weight is 313 g/mol. The molecule has 120 valence electrons. The molecule has 0 bridgehead atoms. The molecule has 1 aromatic carbocycles. The molecule has 1 aromatic rings. The Bertz CT molecular complexity index is 564. The maximum atomic E-state index is 12.5. The Hall–Kier alpha value is -2.18. The van der Waals surface area contributed by atoms with Crippen molar-refractivity contribution in [3.8, 4) is 5.75 Å². The third kappa shape index (κ3) is 3.52. The minimum atomic E-state index is -2.96. The van der Waals surface area contributed by atoms with E-state index in [4.69, 9.17) is 0 Å². The average Bonchev–Trinajstić information content (AvgIpc) is 2.46. The van der Waals surface area contributed by atoms with Crippen LogP contribution in [0, 0.1) is 5.92 Å². The molecule has 2 atom stereocenters. The van der Waals surface area contributed by atoms with Crippen LogP contribution in [0.15, 0.2) is 24.3 Å². The Kier molecular flexibility index (Phi) is 4.95. The van der Waals surface area contributed by atoms with Crippen LogP contribution in [0.5, 0.6) is 5.75 Å². The van der Waals surface area contributed by atoms with E-state index in [1.165, 1.54) is 29.2 Å². The first-order valence-electron chi connectivity index (χ1n) is 6.99. The third-order valence-electron chi connectivity index (χ3n) is 3.87. The number of nitrogens with zero attached hydrogens (tertiary/aromatic N) is 1. The number of alkyl halides is 2. The molecule has 0 spiro atoms. The van der Waals surface area contributed by atoms with Crippen molar-refractivity contribution in [2.24, 2.45) is 5.92 Å². The standard InChI is InChI=1S/C15H17F2NO4/c1-9-12(14(20)21)6-3-7-18(9)13(19)10-4-2-5-11(8-10)22-15(16)17/h2,4-5,8-9,12,15H,3,6-7H2,1H3,(H,20,21)/t9-,12-/m1/s1. The van der Waals surface area contributed by atoms with Gasteiger partial charge >= 0.3 is 12.6 Å². The summed E-state index contributed by atoms with van der Waals surface area (Å²) in [4.78, 5) is 25.2. The van der Waals surface area contributed by atoms with E-state index in [1.54, 1.807) is 6.92 Å². The molecule has 5 nitrogen and oxygen atoms in total. The number of carbonyl (C=O) groups excluding carboxylic acids is 1. The highest BCUT2D eigenvalue weighted by atomic mass is 19.3. The van der Waals surface area contributed by atoms with Crippen molar-refractivity contribution >= 4 is 11.9 Å². The fraction of sp³-hybridized carbons (Fsp3) is 0.467. The van der Waals surface area contributed by atoms with Gasteiger partial charge in [-0.25, -0.2) is 0 Å². The monoisotopic (exact) mass is 313 g/mol. The second kappa shape index (κ2) is 6.72.